The van der Waals surface area contributed by atoms with Crippen LogP contribution in [0.4, 0.5) is 8.78 Å². The molecule has 0 bridgehead atoms. The Morgan fingerprint density at radius 1 is 1.21 bits per heavy atom. The standard InChI is InChI=1S/C17H13F2NO4/c1-2-23-16(17(21)22)15-13(18)7-12(8-14(15)19)24-11-5-3-10(9-20)4-6-11/h3-8,16H,2H2,1H3,(H,21,22). The Kier molecular flexibility index (Phi) is 5.45. The molecule has 0 aliphatic rings. The number of carboxylic acid groups (broad SMARTS) is 1. The summed E-state index contributed by atoms with van der Waals surface area (Å²) in [4.78, 5) is 11.1. The first kappa shape index (κ1) is 17.4. The van der Waals surface area contributed by atoms with Gasteiger partial charge in [0.05, 0.1) is 17.2 Å². The second-order valence-corrected chi connectivity index (χ2v) is 4.71. The van der Waals surface area contributed by atoms with Gasteiger partial charge >= 0.3 is 5.97 Å². The summed E-state index contributed by atoms with van der Waals surface area (Å²) in [6, 6.07) is 9.63. The van der Waals surface area contributed by atoms with Crippen molar-refractivity contribution in [3.05, 3.63) is 59.2 Å². The smallest absolute Gasteiger partial charge is 0.337 e. The minimum absolute atomic E-state index is 0.0145. The van der Waals surface area contributed by atoms with Gasteiger partial charge in [-0.3, -0.25) is 0 Å². The van der Waals surface area contributed by atoms with Crippen molar-refractivity contribution in [1.82, 2.24) is 0 Å². The third-order valence-electron chi connectivity index (χ3n) is 3.09. The number of aliphatic carboxylic acids is 1. The van der Waals surface area contributed by atoms with E-state index in [1.165, 1.54) is 31.2 Å². The van der Waals surface area contributed by atoms with Crippen molar-refractivity contribution in [1.29, 1.82) is 5.26 Å². The number of hydrogen-bond acceptors (Lipinski definition) is 4. The zero-order valence-electron chi connectivity index (χ0n) is 12.6. The molecule has 24 heavy (non-hydrogen) atoms. The van der Waals surface area contributed by atoms with E-state index in [-0.39, 0.29) is 18.1 Å². The molecule has 0 spiro atoms. The van der Waals surface area contributed by atoms with Crippen LogP contribution in [0.2, 0.25) is 0 Å². The van der Waals surface area contributed by atoms with E-state index < -0.39 is 29.3 Å². The summed E-state index contributed by atoms with van der Waals surface area (Å²) in [5.74, 6) is -3.52. The molecule has 7 heteroatoms. The van der Waals surface area contributed by atoms with E-state index >= 15 is 0 Å². The summed E-state index contributed by atoms with van der Waals surface area (Å²) in [5, 5.41) is 17.8. The Balaban J connectivity index is 2.31. The van der Waals surface area contributed by atoms with Crippen LogP contribution in [-0.4, -0.2) is 17.7 Å². The van der Waals surface area contributed by atoms with Crippen molar-refractivity contribution < 1.29 is 28.2 Å². The molecule has 1 N–H and O–H groups in total. The number of carboxylic acids is 1. The maximum atomic E-state index is 14.2. The summed E-state index contributed by atoms with van der Waals surface area (Å²) >= 11 is 0. The van der Waals surface area contributed by atoms with Crippen molar-refractivity contribution in [3.8, 4) is 17.6 Å². The van der Waals surface area contributed by atoms with Gasteiger partial charge in [-0.2, -0.15) is 5.26 Å². The number of benzene rings is 2. The number of hydrogen-bond donors (Lipinski definition) is 1. The predicted molar refractivity (Wildman–Crippen MR) is 79.6 cm³/mol. The fraction of sp³-hybridized carbons (Fsp3) is 0.176. The molecule has 1 atom stereocenters. The van der Waals surface area contributed by atoms with Gasteiger partial charge in [0.25, 0.3) is 0 Å². The van der Waals surface area contributed by atoms with Crippen LogP contribution in [-0.2, 0) is 9.53 Å². The van der Waals surface area contributed by atoms with Crippen LogP contribution in [0.15, 0.2) is 36.4 Å². The average molecular weight is 333 g/mol. The molecule has 5 nitrogen and oxygen atoms in total. The summed E-state index contributed by atoms with van der Waals surface area (Å²) in [6.07, 6.45) is -1.74. The van der Waals surface area contributed by atoms with Crippen molar-refractivity contribution >= 4 is 5.97 Å². The topological polar surface area (TPSA) is 79.6 Å². The zero-order valence-corrected chi connectivity index (χ0v) is 12.6. The fourth-order valence-corrected chi connectivity index (χ4v) is 2.05. The first-order chi connectivity index (χ1) is 11.5. The first-order valence-corrected chi connectivity index (χ1v) is 6.97. The SMILES string of the molecule is CCOC(C(=O)O)c1c(F)cc(Oc2ccc(C#N)cc2)cc1F. The summed E-state index contributed by atoms with van der Waals surface area (Å²) in [7, 11) is 0. The molecule has 0 amide bonds. The normalized spacial score (nSPS) is 11.6. The van der Waals surface area contributed by atoms with Crippen molar-refractivity contribution in [2.75, 3.05) is 6.61 Å². The molecule has 0 radical (unpaired) electrons. The van der Waals surface area contributed by atoms with Gasteiger partial charge in [-0.1, -0.05) is 0 Å². The molecule has 0 aromatic heterocycles. The molecule has 0 saturated carbocycles. The van der Waals surface area contributed by atoms with E-state index in [2.05, 4.69) is 0 Å². The second kappa shape index (κ2) is 7.53. The third kappa shape index (κ3) is 3.86. The lowest BCUT2D eigenvalue weighted by atomic mass is 10.1. The Labute approximate surface area is 136 Å². The number of rotatable bonds is 6. The van der Waals surface area contributed by atoms with Gasteiger partial charge < -0.3 is 14.6 Å². The van der Waals surface area contributed by atoms with E-state index in [9.17, 15) is 13.6 Å². The van der Waals surface area contributed by atoms with E-state index in [4.69, 9.17) is 19.8 Å². The lowest BCUT2D eigenvalue weighted by molar-refractivity contribution is -0.151. The fourth-order valence-electron chi connectivity index (χ4n) is 2.05. The van der Waals surface area contributed by atoms with E-state index in [1.807, 2.05) is 6.07 Å². The van der Waals surface area contributed by atoms with Crippen molar-refractivity contribution in [2.24, 2.45) is 0 Å². The quantitative estimate of drug-likeness (QED) is 0.870. The molecule has 0 aliphatic carbocycles. The number of nitriles is 1. The summed E-state index contributed by atoms with van der Waals surface area (Å²) in [5.41, 5.74) is -0.271. The zero-order chi connectivity index (χ0) is 17.7. The van der Waals surface area contributed by atoms with Crippen molar-refractivity contribution in [3.63, 3.8) is 0 Å². The van der Waals surface area contributed by atoms with Gasteiger partial charge in [0, 0.05) is 18.7 Å². The van der Waals surface area contributed by atoms with Crippen LogP contribution in [0.1, 0.15) is 24.2 Å². The Bertz CT molecular complexity index is 761. The molecule has 1 unspecified atom stereocenters. The largest absolute Gasteiger partial charge is 0.479 e. The Morgan fingerprint density at radius 2 is 1.79 bits per heavy atom. The molecule has 0 aliphatic heterocycles. The summed E-state index contributed by atoms with van der Waals surface area (Å²) in [6.45, 7) is 1.51. The third-order valence-corrected chi connectivity index (χ3v) is 3.09. The van der Waals surface area contributed by atoms with Gasteiger partial charge in [0.15, 0.2) is 6.10 Å². The molecule has 0 heterocycles. The maximum absolute atomic E-state index is 14.2. The highest BCUT2D eigenvalue weighted by molar-refractivity contribution is 5.74. The Hall–Kier alpha value is -2.98. The van der Waals surface area contributed by atoms with Gasteiger partial charge in [0.1, 0.15) is 23.1 Å². The minimum atomic E-state index is -1.74. The molecule has 2 aromatic carbocycles. The average Bonchev–Trinajstić information content (AvgIpc) is 2.54. The lowest BCUT2D eigenvalue weighted by Crippen LogP contribution is -2.18. The monoisotopic (exact) mass is 333 g/mol. The van der Waals surface area contributed by atoms with Crippen LogP contribution in [0, 0.1) is 23.0 Å². The van der Waals surface area contributed by atoms with E-state index in [1.54, 1.807) is 0 Å². The van der Waals surface area contributed by atoms with Crippen LogP contribution in [0.25, 0.3) is 0 Å². The molecule has 0 fully saturated rings. The van der Waals surface area contributed by atoms with Gasteiger partial charge in [-0.25, -0.2) is 13.6 Å². The molecule has 124 valence electrons. The molecular formula is C17H13F2NO4. The van der Waals surface area contributed by atoms with Gasteiger partial charge in [0.2, 0.25) is 0 Å². The van der Waals surface area contributed by atoms with E-state index in [0.717, 1.165) is 12.1 Å². The Morgan fingerprint density at radius 3 is 2.25 bits per heavy atom. The highest BCUT2D eigenvalue weighted by Crippen LogP contribution is 2.30. The number of halogens is 2. The van der Waals surface area contributed by atoms with Gasteiger partial charge in [-0.05, 0) is 31.2 Å². The lowest BCUT2D eigenvalue weighted by Gasteiger charge is -2.15. The second-order valence-electron chi connectivity index (χ2n) is 4.71. The molecule has 0 saturated heterocycles. The van der Waals surface area contributed by atoms with Gasteiger partial charge in [-0.15, -0.1) is 0 Å². The summed E-state index contributed by atoms with van der Waals surface area (Å²) < 4.78 is 38.5. The van der Waals surface area contributed by atoms with E-state index in [0.29, 0.717) is 5.56 Å². The van der Waals surface area contributed by atoms with Crippen LogP contribution < -0.4 is 4.74 Å². The van der Waals surface area contributed by atoms with Crippen LogP contribution in [0.3, 0.4) is 0 Å². The molecule has 2 aromatic rings. The van der Waals surface area contributed by atoms with Crippen molar-refractivity contribution in [2.45, 2.75) is 13.0 Å². The minimum Gasteiger partial charge on any atom is -0.479 e. The molecular weight excluding hydrogens is 320 g/mol. The first-order valence-electron chi connectivity index (χ1n) is 6.97. The highest BCUT2D eigenvalue weighted by Gasteiger charge is 2.28. The number of nitrogens with zero attached hydrogens (tertiary/aromatic N) is 1. The number of ether oxygens (including phenoxy) is 2. The van der Waals surface area contributed by atoms with Crippen LogP contribution >= 0.6 is 0 Å². The van der Waals surface area contributed by atoms with Crippen LogP contribution in [0.5, 0.6) is 11.5 Å². The number of carbonyl (C=O) groups is 1. The maximum Gasteiger partial charge on any atom is 0.337 e. The molecule has 2 rings (SSSR count). The highest BCUT2D eigenvalue weighted by atomic mass is 19.1. The predicted octanol–water partition coefficient (Wildman–Crippen LogP) is 3.79.